The van der Waals surface area contributed by atoms with Crippen LogP contribution in [0.15, 0.2) is 0 Å². The van der Waals surface area contributed by atoms with Crippen molar-refractivity contribution in [2.24, 2.45) is 23.7 Å². The van der Waals surface area contributed by atoms with Crippen molar-refractivity contribution in [2.45, 2.75) is 131 Å². The molecule has 2 rings (SSSR count). The third-order valence-corrected chi connectivity index (χ3v) is 7.41. The van der Waals surface area contributed by atoms with Crippen LogP contribution in [0.5, 0.6) is 11.8 Å². The van der Waals surface area contributed by atoms with Crippen LogP contribution in [-0.4, -0.2) is 14.8 Å². The van der Waals surface area contributed by atoms with Crippen LogP contribution in [0.4, 0.5) is 0 Å². The molecule has 1 aliphatic carbocycles. The first kappa shape index (κ1) is 26.1. The maximum absolute atomic E-state index is 10.8. The first-order chi connectivity index (χ1) is 14.8. The Morgan fingerprint density at radius 3 is 2.06 bits per heavy atom. The van der Waals surface area contributed by atoms with Gasteiger partial charge in [-0.3, -0.25) is 4.57 Å². The average Bonchev–Trinajstić information content (AvgIpc) is 2.94. The molecular weight excluding hydrogens is 382 g/mol. The van der Waals surface area contributed by atoms with E-state index >= 15 is 0 Å². The molecule has 3 heteroatoms. The molecule has 0 amide bonds. The van der Waals surface area contributed by atoms with Gasteiger partial charge in [-0.2, -0.15) is 0 Å². The van der Waals surface area contributed by atoms with Crippen LogP contribution in [0.25, 0.3) is 0 Å². The van der Waals surface area contributed by atoms with E-state index in [1.54, 1.807) is 4.57 Å². The molecular formula is C28H51NO2. The van der Waals surface area contributed by atoms with Gasteiger partial charge in [-0.05, 0) is 49.4 Å². The quantitative estimate of drug-likeness (QED) is 0.273. The third-order valence-electron chi connectivity index (χ3n) is 7.41. The van der Waals surface area contributed by atoms with Crippen molar-refractivity contribution in [2.75, 3.05) is 0 Å². The van der Waals surface area contributed by atoms with Crippen molar-refractivity contribution < 1.29 is 10.2 Å². The largest absolute Gasteiger partial charge is 0.494 e. The fraction of sp³-hybridized carbons (Fsp3) is 0.857. The number of fused-ring (bicyclic) bond motifs is 1. The van der Waals surface area contributed by atoms with Gasteiger partial charge in [-0.1, -0.05) is 98.8 Å². The molecule has 0 aromatic carbocycles. The van der Waals surface area contributed by atoms with Gasteiger partial charge in [0.25, 0.3) is 0 Å². The second kappa shape index (κ2) is 13.4. The maximum Gasteiger partial charge on any atom is 0.197 e. The first-order valence-corrected chi connectivity index (χ1v) is 13.4. The van der Waals surface area contributed by atoms with E-state index in [1.807, 2.05) is 0 Å². The Bertz CT molecular complexity index is 631. The molecule has 2 unspecified atom stereocenters. The minimum absolute atomic E-state index is 0.340. The molecule has 3 nitrogen and oxygen atoms in total. The minimum atomic E-state index is 0.340. The predicted octanol–water partition coefficient (Wildman–Crippen LogP) is 8.24. The van der Waals surface area contributed by atoms with Gasteiger partial charge in [0, 0.05) is 17.7 Å². The van der Waals surface area contributed by atoms with Crippen molar-refractivity contribution in [3.63, 3.8) is 0 Å². The zero-order valence-electron chi connectivity index (χ0n) is 21.3. The molecule has 0 radical (unpaired) electrons. The van der Waals surface area contributed by atoms with Crippen molar-refractivity contribution in [3.8, 4) is 11.8 Å². The summed E-state index contributed by atoms with van der Waals surface area (Å²) in [6.45, 7) is 12.3. The Kier molecular flexibility index (Phi) is 11.3. The van der Waals surface area contributed by atoms with Gasteiger partial charge in [-0.15, -0.1) is 0 Å². The number of aromatic nitrogens is 1. The highest BCUT2D eigenvalue weighted by atomic mass is 16.3. The molecule has 0 saturated heterocycles. The third kappa shape index (κ3) is 8.73. The summed E-state index contributed by atoms with van der Waals surface area (Å²) in [7, 11) is 0. The lowest BCUT2D eigenvalue weighted by Gasteiger charge is -2.23. The number of rotatable bonds is 15. The Morgan fingerprint density at radius 2 is 1.35 bits per heavy atom. The second-order valence-electron chi connectivity index (χ2n) is 11.3. The van der Waals surface area contributed by atoms with Gasteiger partial charge >= 0.3 is 0 Å². The van der Waals surface area contributed by atoms with Gasteiger partial charge in [-0.25, -0.2) is 0 Å². The topological polar surface area (TPSA) is 45.4 Å². The molecule has 2 N–H and O–H groups in total. The van der Waals surface area contributed by atoms with Crippen LogP contribution in [0.2, 0.25) is 0 Å². The predicted molar refractivity (Wildman–Crippen MR) is 133 cm³/mol. The standard InChI is InChI=1S/C28H51NO2/c1-21(2)12-8-6-7-9-19-29-27(30)25-18-17-24(20-26(25)28(29)31)16-11-15-23(5)14-10-13-22(3)4/h21-24,30-31H,6-20H2,1-5H3. The lowest BCUT2D eigenvalue weighted by atomic mass is 9.82. The highest BCUT2D eigenvalue weighted by Crippen LogP contribution is 2.41. The van der Waals surface area contributed by atoms with Crippen molar-refractivity contribution in [1.82, 2.24) is 4.57 Å². The van der Waals surface area contributed by atoms with Gasteiger partial charge in [0.1, 0.15) is 0 Å². The Balaban J connectivity index is 1.75. The lowest BCUT2D eigenvalue weighted by Crippen LogP contribution is -2.13. The summed E-state index contributed by atoms with van der Waals surface area (Å²) in [4.78, 5) is 0. The molecule has 1 aromatic rings. The Hall–Kier alpha value is -1.12. The van der Waals surface area contributed by atoms with Crippen molar-refractivity contribution in [3.05, 3.63) is 11.1 Å². The van der Waals surface area contributed by atoms with E-state index in [-0.39, 0.29) is 0 Å². The van der Waals surface area contributed by atoms with E-state index in [1.165, 1.54) is 64.2 Å². The van der Waals surface area contributed by atoms with E-state index < -0.39 is 0 Å². The van der Waals surface area contributed by atoms with Gasteiger partial charge < -0.3 is 10.2 Å². The SMILES string of the molecule is CC(C)CCCCCCn1c(O)c2c(c1O)CC(CCCC(C)CCCC(C)C)CC2. The number of unbranched alkanes of at least 4 members (excludes halogenated alkanes) is 3. The van der Waals surface area contributed by atoms with E-state index in [2.05, 4.69) is 34.6 Å². The van der Waals surface area contributed by atoms with Crippen molar-refractivity contribution >= 4 is 0 Å². The van der Waals surface area contributed by atoms with E-state index in [0.717, 1.165) is 61.1 Å². The highest BCUT2D eigenvalue weighted by molar-refractivity contribution is 5.47. The Labute approximate surface area is 192 Å². The smallest absolute Gasteiger partial charge is 0.197 e. The molecule has 0 fully saturated rings. The highest BCUT2D eigenvalue weighted by Gasteiger charge is 2.28. The fourth-order valence-electron chi connectivity index (χ4n) is 5.32. The van der Waals surface area contributed by atoms with E-state index in [9.17, 15) is 10.2 Å². The summed E-state index contributed by atoms with van der Waals surface area (Å²) < 4.78 is 1.78. The first-order valence-electron chi connectivity index (χ1n) is 13.4. The molecule has 1 aromatic heterocycles. The summed E-state index contributed by atoms with van der Waals surface area (Å²) in [5.41, 5.74) is 2.06. The molecule has 0 spiro atoms. The van der Waals surface area contributed by atoms with Crippen LogP contribution in [0.1, 0.15) is 123 Å². The molecule has 0 bridgehead atoms. The number of hydrogen-bond donors (Lipinski definition) is 2. The molecule has 2 atom stereocenters. The summed E-state index contributed by atoms with van der Waals surface area (Å²) in [5.74, 6) is 3.79. The minimum Gasteiger partial charge on any atom is -0.494 e. The number of aromatic hydroxyl groups is 2. The van der Waals surface area contributed by atoms with Crippen LogP contribution >= 0.6 is 0 Å². The zero-order chi connectivity index (χ0) is 22.8. The van der Waals surface area contributed by atoms with Crippen LogP contribution in [0, 0.1) is 23.7 Å². The molecule has 1 heterocycles. The molecule has 180 valence electrons. The maximum atomic E-state index is 10.8. The fourth-order valence-corrected chi connectivity index (χ4v) is 5.32. The van der Waals surface area contributed by atoms with Gasteiger partial charge in [0.05, 0.1) is 0 Å². The normalized spacial score (nSPS) is 17.5. The lowest BCUT2D eigenvalue weighted by molar-refractivity contribution is 0.356. The molecule has 31 heavy (non-hydrogen) atoms. The van der Waals surface area contributed by atoms with Crippen LogP contribution in [0.3, 0.4) is 0 Å². The van der Waals surface area contributed by atoms with E-state index in [0.29, 0.717) is 17.7 Å². The van der Waals surface area contributed by atoms with Crippen LogP contribution < -0.4 is 0 Å². The average molecular weight is 434 g/mol. The summed E-state index contributed by atoms with van der Waals surface area (Å²) in [6, 6.07) is 0. The number of nitrogens with zero attached hydrogens (tertiary/aromatic N) is 1. The second-order valence-corrected chi connectivity index (χ2v) is 11.3. The zero-order valence-corrected chi connectivity index (χ0v) is 21.3. The van der Waals surface area contributed by atoms with Gasteiger partial charge in [0.2, 0.25) is 0 Å². The number of hydrogen-bond acceptors (Lipinski definition) is 2. The molecule has 0 saturated carbocycles. The van der Waals surface area contributed by atoms with Crippen molar-refractivity contribution in [1.29, 1.82) is 0 Å². The summed E-state index contributed by atoms with van der Waals surface area (Å²) in [6.07, 6.45) is 17.0. The molecule has 1 aliphatic rings. The summed E-state index contributed by atoms with van der Waals surface area (Å²) in [5, 5.41) is 21.5. The Morgan fingerprint density at radius 1 is 0.742 bits per heavy atom. The van der Waals surface area contributed by atoms with E-state index in [4.69, 9.17) is 0 Å². The summed E-state index contributed by atoms with van der Waals surface area (Å²) >= 11 is 0. The van der Waals surface area contributed by atoms with Crippen LogP contribution in [-0.2, 0) is 19.4 Å². The molecule has 0 aliphatic heterocycles. The van der Waals surface area contributed by atoms with Gasteiger partial charge in [0.15, 0.2) is 11.8 Å². The monoisotopic (exact) mass is 433 g/mol.